The minimum atomic E-state index is -0.302. The quantitative estimate of drug-likeness (QED) is 0.509. The van der Waals surface area contributed by atoms with Crippen LogP contribution in [0.15, 0.2) is 84.1 Å². The number of Topliss-reactive ketones (excluding diaryl/α,β-unsaturated/α-hetero) is 1. The fourth-order valence-electron chi connectivity index (χ4n) is 4.55. The van der Waals surface area contributed by atoms with Crippen LogP contribution in [0, 0.1) is 0 Å². The largest absolute Gasteiger partial charge is 0.497 e. The first-order valence-corrected chi connectivity index (χ1v) is 10.8. The highest BCUT2D eigenvalue weighted by Crippen LogP contribution is 2.45. The molecule has 2 atom stereocenters. The van der Waals surface area contributed by atoms with Gasteiger partial charge in [0.25, 0.3) is 0 Å². The van der Waals surface area contributed by atoms with E-state index in [1.165, 1.54) is 0 Å². The SMILES string of the molecule is COc1ccc(C2CC(=O)C3=C(C2)Nc2ccccc2NC3c2ccccc2Cl)cc1. The van der Waals surface area contributed by atoms with Crippen LogP contribution < -0.4 is 15.4 Å². The van der Waals surface area contributed by atoms with Crippen LogP contribution in [0.25, 0.3) is 0 Å². The van der Waals surface area contributed by atoms with Crippen molar-refractivity contribution < 1.29 is 9.53 Å². The van der Waals surface area contributed by atoms with Gasteiger partial charge in [-0.15, -0.1) is 0 Å². The van der Waals surface area contributed by atoms with Crippen LogP contribution in [0.3, 0.4) is 0 Å². The average molecular weight is 431 g/mol. The number of carbonyl (C=O) groups excluding carboxylic acids is 1. The Morgan fingerprint density at radius 3 is 2.35 bits per heavy atom. The maximum absolute atomic E-state index is 13.5. The molecule has 156 valence electrons. The number of benzene rings is 3. The molecule has 2 aliphatic rings. The maximum Gasteiger partial charge on any atom is 0.163 e. The molecule has 0 saturated heterocycles. The van der Waals surface area contributed by atoms with E-state index in [0.29, 0.717) is 11.4 Å². The number of fused-ring (bicyclic) bond motifs is 1. The molecule has 0 amide bonds. The highest BCUT2D eigenvalue weighted by Gasteiger charge is 2.36. The topological polar surface area (TPSA) is 50.4 Å². The van der Waals surface area contributed by atoms with Crippen molar-refractivity contribution in [3.63, 3.8) is 0 Å². The number of hydrogen-bond donors (Lipinski definition) is 2. The van der Waals surface area contributed by atoms with Gasteiger partial charge in [0, 0.05) is 22.7 Å². The number of ether oxygens (including phenoxy) is 1. The molecule has 0 bridgehead atoms. The van der Waals surface area contributed by atoms with Gasteiger partial charge in [-0.1, -0.05) is 54.1 Å². The Bertz CT molecular complexity index is 1170. The number of hydrogen-bond acceptors (Lipinski definition) is 4. The van der Waals surface area contributed by atoms with Crippen LogP contribution in [0.4, 0.5) is 11.4 Å². The number of carbonyl (C=O) groups is 1. The fourth-order valence-corrected chi connectivity index (χ4v) is 4.79. The lowest BCUT2D eigenvalue weighted by molar-refractivity contribution is -0.116. The Morgan fingerprint density at radius 2 is 1.61 bits per heavy atom. The Labute approximate surface area is 186 Å². The minimum Gasteiger partial charge on any atom is -0.497 e. The number of anilines is 2. The predicted molar refractivity (Wildman–Crippen MR) is 125 cm³/mol. The monoisotopic (exact) mass is 430 g/mol. The molecule has 1 heterocycles. The summed E-state index contributed by atoms with van der Waals surface area (Å²) in [7, 11) is 1.66. The van der Waals surface area contributed by atoms with E-state index in [2.05, 4.69) is 22.8 Å². The second-order valence-corrected chi connectivity index (χ2v) is 8.37. The van der Waals surface area contributed by atoms with Crippen molar-refractivity contribution in [3.05, 3.63) is 100 Å². The number of rotatable bonds is 3. The molecule has 2 unspecified atom stereocenters. The van der Waals surface area contributed by atoms with Crippen molar-refractivity contribution in [2.24, 2.45) is 0 Å². The van der Waals surface area contributed by atoms with Crippen molar-refractivity contribution in [2.45, 2.75) is 24.8 Å². The standard InChI is InChI=1S/C26H23ClN2O2/c1-31-18-12-10-16(11-13-18)17-14-23-25(24(30)15-17)26(19-6-2-3-7-20(19)27)29-22-9-5-4-8-21(22)28-23/h2-13,17,26,28-29H,14-15H2,1H3. The van der Waals surface area contributed by atoms with Crippen molar-refractivity contribution in [3.8, 4) is 5.75 Å². The maximum atomic E-state index is 13.5. The number of nitrogens with one attached hydrogen (secondary N) is 2. The molecule has 4 nitrogen and oxygen atoms in total. The lowest BCUT2D eigenvalue weighted by Crippen LogP contribution is -2.27. The van der Waals surface area contributed by atoms with Crippen molar-refractivity contribution >= 4 is 28.8 Å². The Hall–Kier alpha value is -3.24. The summed E-state index contributed by atoms with van der Waals surface area (Å²) in [6.45, 7) is 0. The third-order valence-electron chi connectivity index (χ3n) is 6.11. The van der Waals surface area contributed by atoms with Crippen LogP contribution in [-0.2, 0) is 4.79 Å². The third-order valence-corrected chi connectivity index (χ3v) is 6.46. The number of halogens is 1. The molecular weight excluding hydrogens is 408 g/mol. The van der Waals surface area contributed by atoms with Crippen molar-refractivity contribution in [1.82, 2.24) is 0 Å². The summed E-state index contributed by atoms with van der Waals surface area (Å²) in [4.78, 5) is 13.5. The van der Waals surface area contributed by atoms with Crippen LogP contribution in [0.1, 0.15) is 35.9 Å². The lowest BCUT2D eigenvalue weighted by Gasteiger charge is -2.30. The van der Waals surface area contributed by atoms with Crippen molar-refractivity contribution in [2.75, 3.05) is 17.7 Å². The summed E-state index contributed by atoms with van der Waals surface area (Å²) in [5.74, 6) is 1.07. The number of allylic oxidation sites excluding steroid dienone is 1. The smallest absolute Gasteiger partial charge is 0.163 e. The van der Waals surface area contributed by atoms with Gasteiger partial charge >= 0.3 is 0 Å². The van der Waals surface area contributed by atoms with Crippen LogP contribution in [0.5, 0.6) is 5.75 Å². The Kier molecular flexibility index (Phi) is 5.16. The summed E-state index contributed by atoms with van der Waals surface area (Å²) < 4.78 is 5.28. The molecule has 3 aromatic carbocycles. The third kappa shape index (κ3) is 3.68. The normalized spacial score (nSPS) is 20.1. The van der Waals surface area contributed by atoms with Gasteiger partial charge in [-0.3, -0.25) is 4.79 Å². The Morgan fingerprint density at radius 1 is 0.903 bits per heavy atom. The van der Waals surface area contributed by atoms with Gasteiger partial charge in [0.2, 0.25) is 0 Å². The predicted octanol–water partition coefficient (Wildman–Crippen LogP) is 6.33. The van der Waals surface area contributed by atoms with Gasteiger partial charge < -0.3 is 15.4 Å². The summed E-state index contributed by atoms with van der Waals surface area (Å²) in [6.07, 6.45) is 1.22. The van der Waals surface area contributed by atoms with E-state index < -0.39 is 0 Å². The van der Waals surface area contributed by atoms with Crippen molar-refractivity contribution in [1.29, 1.82) is 0 Å². The van der Waals surface area contributed by atoms with Gasteiger partial charge in [0.15, 0.2) is 5.78 Å². The zero-order valence-corrected chi connectivity index (χ0v) is 17.9. The molecule has 5 rings (SSSR count). The van der Waals surface area contributed by atoms with Gasteiger partial charge in [-0.2, -0.15) is 0 Å². The average Bonchev–Trinajstić information content (AvgIpc) is 2.96. The summed E-state index contributed by atoms with van der Waals surface area (Å²) in [5, 5.41) is 7.78. The first-order chi connectivity index (χ1) is 15.1. The second kappa shape index (κ2) is 8.12. The summed E-state index contributed by atoms with van der Waals surface area (Å²) >= 11 is 6.56. The van der Waals surface area contributed by atoms with E-state index >= 15 is 0 Å². The van der Waals surface area contributed by atoms with Crippen LogP contribution >= 0.6 is 11.6 Å². The van der Waals surface area contributed by atoms with Crippen LogP contribution in [-0.4, -0.2) is 12.9 Å². The van der Waals surface area contributed by atoms with E-state index in [1.54, 1.807) is 7.11 Å². The summed E-state index contributed by atoms with van der Waals surface area (Å²) in [6, 6.07) is 23.5. The van der Waals surface area contributed by atoms with Gasteiger partial charge in [0.05, 0.1) is 24.5 Å². The van der Waals surface area contributed by atoms with E-state index in [0.717, 1.165) is 45.9 Å². The number of para-hydroxylation sites is 2. The molecular formula is C26H23ClN2O2. The minimum absolute atomic E-state index is 0.113. The van der Waals surface area contributed by atoms with Gasteiger partial charge in [-0.05, 0) is 53.8 Å². The van der Waals surface area contributed by atoms with E-state index in [1.807, 2.05) is 60.7 Å². The zero-order valence-electron chi connectivity index (χ0n) is 17.2. The first-order valence-electron chi connectivity index (χ1n) is 10.4. The molecule has 31 heavy (non-hydrogen) atoms. The molecule has 2 N–H and O–H groups in total. The number of methoxy groups -OCH3 is 1. The molecule has 0 spiro atoms. The number of ketones is 1. The van der Waals surface area contributed by atoms with E-state index in [4.69, 9.17) is 16.3 Å². The molecule has 0 saturated carbocycles. The molecule has 0 aromatic heterocycles. The first kappa shape index (κ1) is 19.7. The Balaban J connectivity index is 1.59. The fraction of sp³-hybridized carbons (Fsp3) is 0.192. The lowest BCUT2D eigenvalue weighted by atomic mass is 9.78. The highest BCUT2D eigenvalue weighted by molar-refractivity contribution is 6.31. The molecule has 1 aliphatic heterocycles. The van der Waals surface area contributed by atoms with E-state index in [9.17, 15) is 4.79 Å². The molecule has 0 fully saturated rings. The van der Waals surface area contributed by atoms with E-state index in [-0.39, 0.29) is 17.7 Å². The van der Waals surface area contributed by atoms with Gasteiger partial charge in [0.1, 0.15) is 5.75 Å². The summed E-state index contributed by atoms with van der Waals surface area (Å²) in [5.41, 5.74) is 5.70. The zero-order chi connectivity index (χ0) is 21.4. The van der Waals surface area contributed by atoms with Gasteiger partial charge in [-0.25, -0.2) is 0 Å². The molecule has 3 aromatic rings. The second-order valence-electron chi connectivity index (χ2n) is 7.96. The highest BCUT2D eigenvalue weighted by atomic mass is 35.5. The molecule has 5 heteroatoms. The molecule has 1 aliphatic carbocycles. The van der Waals surface area contributed by atoms with Crippen LogP contribution in [0.2, 0.25) is 5.02 Å². The molecule has 0 radical (unpaired) electrons.